The summed E-state index contributed by atoms with van der Waals surface area (Å²) in [5.41, 5.74) is 9.00. The summed E-state index contributed by atoms with van der Waals surface area (Å²) in [6.07, 6.45) is 4.89. The molecular formula is C15H24N2. The number of hydrogen-bond donors (Lipinski definition) is 1. The van der Waals surface area contributed by atoms with Crippen molar-refractivity contribution in [2.45, 2.75) is 44.7 Å². The smallest absolute Gasteiger partial charge is 0.0244 e. The van der Waals surface area contributed by atoms with Crippen LogP contribution in [0.5, 0.6) is 0 Å². The second-order valence-corrected chi connectivity index (χ2v) is 5.32. The first kappa shape index (κ1) is 12.6. The maximum absolute atomic E-state index is 6.14. The molecule has 0 heterocycles. The molecule has 1 aromatic carbocycles. The summed E-state index contributed by atoms with van der Waals surface area (Å²) in [7, 11) is 2.22. The molecule has 1 fully saturated rings. The fourth-order valence-corrected chi connectivity index (χ4v) is 2.87. The first-order chi connectivity index (χ1) is 8.18. The van der Waals surface area contributed by atoms with Crippen molar-refractivity contribution in [2.24, 2.45) is 5.73 Å². The van der Waals surface area contributed by atoms with Gasteiger partial charge in [0.05, 0.1) is 0 Å². The van der Waals surface area contributed by atoms with Gasteiger partial charge in [-0.2, -0.15) is 0 Å². The Kier molecular flexibility index (Phi) is 4.19. The van der Waals surface area contributed by atoms with E-state index >= 15 is 0 Å². The van der Waals surface area contributed by atoms with Crippen LogP contribution in [0.4, 0.5) is 0 Å². The molecule has 2 nitrogen and oxygen atoms in total. The van der Waals surface area contributed by atoms with E-state index in [1.807, 2.05) is 0 Å². The summed E-state index contributed by atoms with van der Waals surface area (Å²) in [5, 5.41) is 0. The minimum atomic E-state index is 0.386. The van der Waals surface area contributed by atoms with Gasteiger partial charge in [0.25, 0.3) is 0 Å². The van der Waals surface area contributed by atoms with Gasteiger partial charge >= 0.3 is 0 Å². The molecule has 0 aromatic heterocycles. The standard InChI is InChI=1S/C15H24N2/c1-12-6-3-4-7-13(12)10-11-17(2)15-9-5-8-14(15)16/h3-4,6-7,14-15H,5,8-11,16H2,1-2H3. The Morgan fingerprint density at radius 2 is 2.06 bits per heavy atom. The molecule has 0 amide bonds. The fourth-order valence-electron chi connectivity index (χ4n) is 2.87. The average Bonchev–Trinajstić information content (AvgIpc) is 2.74. The molecule has 0 bridgehead atoms. The van der Waals surface area contributed by atoms with Gasteiger partial charge in [0.15, 0.2) is 0 Å². The summed E-state index contributed by atoms with van der Waals surface area (Å²) in [6.45, 7) is 3.31. The van der Waals surface area contributed by atoms with Crippen LogP contribution in [0.25, 0.3) is 0 Å². The van der Waals surface area contributed by atoms with Crippen molar-refractivity contribution >= 4 is 0 Å². The predicted octanol–water partition coefficient (Wildman–Crippen LogP) is 2.35. The van der Waals surface area contributed by atoms with Crippen molar-refractivity contribution in [1.29, 1.82) is 0 Å². The highest BCUT2D eigenvalue weighted by molar-refractivity contribution is 5.25. The molecule has 94 valence electrons. The number of nitrogens with zero attached hydrogens (tertiary/aromatic N) is 1. The number of likely N-dealkylation sites (N-methyl/N-ethyl adjacent to an activating group) is 1. The van der Waals surface area contributed by atoms with Gasteiger partial charge < -0.3 is 10.6 Å². The lowest BCUT2D eigenvalue weighted by atomic mass is 10.0. The molecule has 1 saturated carbocycles. The van der Waals surface area contributed by atoms with Gasteiger partial charge in [0, 0.05) is 18.6 Å². The van der Waals surface area contributed by atoms with Gasteiger partial charge in [-0.05, 0) is 44.4 Å². The molecule has 2 N–H and O–H groups in total. The Bertz CT molecular complexity index is 362. The van der Waals surface area contributed by atoms with Gasteiger partial charge in [-0.15, -0.1) is 0 Å². The molecule has 0 radical (unpaired) electrons. The number of rotatable bonds is 4. The fraction of sp³-hybridized carbons (Fsp3) is 0.600. The largest absolute Gasteiger partial charge is 0.326 e. The van der Waals surface area contributed by atoms with E-state index in [-0.39, 0.29) is 0 Å². The van der Waals surface area contributed by atoms with Crippen LogP contribution >= 0.6 is 0 Å². The number of nitrogens with two attached hydrogens (primary N) is 1. The lowest BCUT2D eigenvalue weighted by Gasteiger charge is -2.27. The van der Waals surface area contributed by atoms with E-state index in [1.54, 1.807) is 0 Å². The number of hydrogen-bond acceptors (Lipinski definition) is 2. The van der Waals surface area contributed by atoms with Crippen molar-refractivity contribution in [3.05, 3.63) is 35.4 Å². The first-order valence-electron chi connectivity index (χ1n) is 6.69. The molecule has 0 saturated heterocycles. The maximum atomic E-state index is 6.14. The Hall–Kier alpha value is -0.860. The molecule has 1 aromatic rings. The van der Waals surface area contributed by atoms with E-state index in [4.69, 9.17) is 5.73 Å². The highest BCUT2D eigenvalue weighted by Crippen LogP contribution is 2.22. The minimum absolute atomic E-state index is 0.386. The molecule has 2 unspecified atom stereocenters. The highest BCUT2D eigenvalue weighted by atomic mass is 15.1. The van der Waals surface area contributed by atoms with Gasteiger partial charge in [-0.25, -0.2) is 0 Å². The Morgan fingerprint density at radius 1 is 1.29 bits per heavy atom. The van der Waals surface area contributed by atoms with Gasteiger partial charge in [-0.3, -0.25) is 0 Å². The summed E-state index contributed by atoms with van der Waals surface area (Å²) in [6, 6.07) is 9.64. The van der Waals surface area contributed by atoms with Gasteiger partial charge in [0.2, 0.25) is 0 Å². The third kappa shape index (κ3) is 3.08. The van der Waals surface area contributed by atoms with Crippen LogP contribution in [0, 0.1) is 6.92 Å². The second-order valence-electron chi connectivity index (χ2n) is 5.32. The number of benzene rings is 1. The summed E-state index contributed by atoms with van der Waals surface area (Å²) in [5.74, 6) is 0. The summed E-state index contributed by atoms with van der Waals surface area (Å²) in [4.78, 5) is 2.45. The van der Waals surface area contributed by atoms with E-state index < -0.39 is 0 Å². The normalized spacial score (nSPS) is 24.5. The number of aryl methyl sites for hydroxylation is 1. The summed E-state index contributed by atoms with van der Waals surface area (Å²) < 4.78 is 0. The van der Waals surface area contributed by atoms with Crippen LogP contribution < -0.4 is 5.73 Å². The molecule has 0 spiro atoms. The Labute approximate surface area is 105 Å². The molecule has 1 aliphatic rings. The van der Waals surface area contributed by atoms with Crippen LogP contribution in [-0.2, 0) is 6.42 Å². The van der Waals surface area contributed by atoms with Gasteiger partial charge in [0.1, 0.15) is 0 Å². The summed E-state index contributed by atoms with van der Waals surface area (Å²) >= 11 is 0. The van der Waals surface area contributed by atoms with Crippen molar-refractivity contribution in [3.63, 3.8) is 0 Å². The topological polar surface area (TPSA) is 29.3 Å². The maximum Gasteiger partial charge on any atom is 0.0244 e. The first-order valence-corrected chi connectivity index (χ1v) is 6.69. The second kappa shape index (κ2) is 5.65. The predicted molar refractivity (Wildman–Crippen MR) is 73.1 cm³/mol. The quantitative estimate of drug-likeness (QED) is 0.863. The highest BCUT2D eigenvalue weighted by Gasteiger charge is 2.26. The van der Waals surface area contributed by atoms with Crippen molar-refractivity contribution < 1.29 is 0 Å². The molecule has 0 aliphatic heterocycles. The molecule has 2 atom stereocenters. The van der Waals surface area contributed by atoms with Crippen molar-refractivity contribution in [3.8, 4) is 0 Å². The van der Waals surface area contributed by atoms with Crippen LogP contribution in [0.15, 0.2) is 24.3 Å². The zero-order valence-electron chi connectivity index (χ0n) is 11.0. The van der Waals surface area contributed by atoms with E-state index in [1.165, 1.54) is 30.4 Å². The molecule has 2 heteroatoms. The van der Waals surface area contributed by atoms with E-state index in [0.717, 1.165) is 13.0 Å². The molecule has 1 aliphatic carbocycles. The third-order valence-electron chi connectivity index (χ3n) is 4.09. The zero-order valence-corrected chi connectivity index (χ0v) is 11.0. The monoisotopic (exact) mass is 232 g/mol. The van der Waals surface area contributed by atoms with E-state index in [9.17, 15) is 0 Å². The SMILES string of the molecule is Cc1ccccc1CCN(C)C1CCCC1N. The van der Waals surface area contributed by atoms with Crippen LogP contribution in [-0.4, -0.2) is 30.6 Å². The van der Waals surface area contributed by atoms with Crippen molar-refractivity contribution in [2.75, 3.05) is 13.6 Å². The zero-order chi connectivity index (χ0) is 12.3. The van der Waals surface area contributed by atoms with Crippen molar-refractivity contribution in [1.82, 2.24) is 4.90 Å². The van der Waals surface area contributed by atoms with E-state index in [2.05, 4.69) is 43.1 Å². The Morgan fingerprint density at radius 3 is 2.71 bits per heavy atom. The molecular weight excluding hydrogens is 208 g/mol. The minimum Gasteiger partial charge on any atom is -0.326 e. The Balaban J connectivity index is 1.88. The lowest BCUT2D eigenvalue weighted by molar-refractivity contribution is 0.231. The molecule has 2 rings (SSSR count). The van der Waals surface area contributed by atoms with E-state index in [0.29, 0.717) is 12.1 Å². The van der Waals surface area contributed by atoms with Crippen LogP contribution in [0.2, 0.25) is 0 Å². The molecule has 17 heavy (non-hydrogen) atoms. The lowest BCUT2D eigenvalue weighted by Crippen LogP contribution is -2.43. The average molecular weight is 232 g/mol. The van der Waals surface area contributed by atoms with Crippen LogP contribution in [0.1, 0.15) is 30.4 Å². The van der Waals surface area contributed by atoms with Crippen LogP contribution in [0.3, 0.4) is 0 Å². The van der Waals surface area contributed by atoms with Gasteiger partial charge in [-0.1, -0.05) is 30.7 Å². The third-order valence-corrected chi connectivity index (χ3v) is 4.09.